The van der Waals surface area contributed by atoms with E-state index in [1.165, 1.54) is 11.8 Å². The number of hydrogen-bond acceptors (Lipinski definition) is 3. The van der Waals surface area contributed by atoms with Crippen molar-refractivity contribution in [2.24, 2.45) is 0 Å². The van der Waals surface area contributed by atoms with Crippen LogP contribution in [0.3, 0.4) is 0 Å². The third kappa shape index (κ3) is 2.72. The molecule has 0 saturated carbocycles. The van der Waals surface area contributed by atoms with Crippen LogP contribution in [-0.2, 0) is 4.79 Å². The average Bonchev–Trinajstić information content (AvgIpc) is 2.77. The highest BCUT2D eigenvalue weighted by molar-refractivity contribution is 8.27. The second-order valence-electron chi connectivity index (χ2n) is 5.16. The summed E-state index contributed by atoms with van der Waals surface area (Å²) in [6.45, 7) is 4.02. The Balaban J connectivity index is 1.99. The zero-order valence-electron chi connectivity index (χ0n) is 12.4. The van der Waals surface area contributed by atoms with Crippen LogP contribution in [0, 0.1) is 13.8 Å². The number of amides is 1. The topological polar surface area (TPSA) is 20.3 Å². The average molecular weight is 325 g/mol. The molecular weight excluding hydrogens is 310 g/mol. The van der Waals surface area contributed by atoms with Gasteiger partial charge in [0, 0.05) is 0 Å². The molecule has 0 N–H and O–H groups in total. The molecule has 1 saturated heterocycles. The zero-order valence-corrected chi connectivity index (χ0v) is 14.0. The van der Waals surface area contributed by atoms with Crippen LogP contribution in [0.15, 0.2) is 53.4 Å². The summed E-state index contributed by atoms with van der Waals surface area (Å²) >= 11 is 6.77. The Hall–Kier alpha value is -1.91. The maximum absolute atomic E-state index is 12.7. The fraction of sp³-hybridized carbons (Fsp3) is 0.111. The molecule has 2 aromatic rings. The molecule has 1 heterocycles. The highest BCUT2D eigenvalue weighted by atomic mass is 32.2. The van der Waals surface area contributed by atoms with E-state index < -0.39 is 0 Å². The van der Waals surface area contributed by atoms with Gasteiger partial charge in [-0.05, 0) is 42.7 Å². The Bertz CT molecular complexity index is 795. The van der Waals surface area contributed by atoms with Crippen molar-refractivity contribution in [3.63, 3.8) is 0 Å². The third-order valence-electron chi connectivity index (χ3n) is 3.63. The monoisotopic (exact) mass is 325 g/mol. The minimum atomic E-state index is -0.0486. The van der Waals surface area contributed by atoms with Crippen LogP contribution in [-0.4, -0.2) is 10.2 Å². The van der Waals surface area contributed by atoms with Gasteiger partial charge in [0.2, 0.25) is 0 Å². The molecule has 0 atom stereocenters. The molecule has 110 valence electrons. The van der Waals surface area contributed by atoms with E-state index in [0.717, 1.165) is 22.4 Å². The lowest BCUT2D eigenvalue weighted by molar-refractivity contribution is -0.113. The van der Waals surface area contributed by atoms with E-state index in [9.17, 15) is 4.79 Å². The van der Waals surface area contributed by atoms with Gasteiger partial charge < -0.3 is 0 Å². The van der Waals surface area contributed by atoms with Crippen LogP contribution >= 0.6 is 24.0 Å². The lowest BCUT2D eigenvalue weighted by atomic mass is 10.1. The van der Waals surface area contributed by atoms with Gasteiger partial charge in [0.15, 0.2) is 4.32 Å². The number of benzene rings is 2. The van der Waals surface area contributed by atoms with Gasteiger partial charge in [0.1, 0.15) is 0 Å². The summed E-state index contributed by atoms with van der Waals surface area (Å²) in [5.74, 6) is -0.0486. The van der Waals surface area contributed by atoms with Crippen LogP contribution in [0.4, 0.5) is 5.69 Å². The lowest BCUT2D eigenvalue weighted by Gasteiger charge is -2.16. The minimum Gasteiger partial charge on any atom is -0.268 e. The molecule has 2 aromatic carbocycles. The molecular formula is C18H15NOS2. The highest BCUT2D eigenvalue weighted by Gasteiger charge is 2.33. The van der Waals surface area contributed by atoms with E-state index in [-0.39, 0.29) is 5.91 Å². The van der Waals surface area contributed by atoms with E-state index in [0.29, 0.717) is 9.23 Å². The number of para-hydroxylation sites is 1. The highest BCUT2D eigenvalue weighted by Crippen LogP contribution is 2.37. The third-order valence-corrected chi connectivity index (χ3v) is 4.93. The van der Waals surface area contributed by atoms with Crippen molar-refractivity contribution in [2.45, 2.75) is 13.8 Å². The molecule has 2 nitrogen and oxygen atoms in total. The molecule has 4 heteroatoms. The predicted molar refractivity (Wildman–Crippen MR) is 98.0 cm³/mol. The normalized spacial score (nSPS) is 16.6. The van der Waals surface area contributed by atoms with Crippen molar-refractivity contribution in [3.05, 3.63) is 70.1 Å². The summed E-state index contributed by atoms with van der Waals surface area (Å²) in [5.41, 5.74) is 4.09. The molecule has 1 aliphatic heterocycles. The van der Waals surface area contributed by atoms with Gasteiger partial charge in [-0.3, -0.25) is 9.69 Å². The Labute approximate surface area is 139 Å². The number of anilines is 1. The summed E-state index contributed by atoms with van der Waals surface area (Å²) in [7, 11) is 0. The maximum Gasteiger partial charge on any atom is 0.270 e. The van der Waals surface area contributed by atoms with Crippen molar-refractivity contribution >= 4 is 46.0 Å². The van der Waals surface area contributed by atoms with Crippen LogP contribution in [0.5, 0.6) is 0 Å². The van der Waals surface area contributed by atoms with E-state index in [4.69, 9.17) is 12.2 Å². The molecule has 1 amide bonds. The van der Waals surface area contributed by atoms with E-state index in [2.05, 4.69) is 0 Å². The van der Waals surface area contributed by atoms with Gasteiger partial charge in [-0.2, -0.15) is 0 Å². The fourth-order valence-electron chi connectivity index (χ4n) is 2.38. The molecule has 22 heavy (non-hydrogen) atoms. The second kappa shape index (κ2) is 6.07. The summed E-state index contributed by atoms with van der Waals surface area (Å²) in [6, 6.07) is 15.8. The van der Waals surface area contributed by atoms with Crippen molar-refractivity contribution in [1.29, 1.82) is 0 Å². The number of carbonyl (C=O) groups excluding carboxylic acids is 1. The Morgan fingerprint density at radius 3 is 2.32 bits per heavy atom. The van der Waals surface area contributed by atoms with Gasteiger partial charge >= 0.3 is 0 Å². The van der Waals surface area contributed by atoms with E-state index in [1.807, 2.05) is 68.5 Å². The minimum absolute atomic E-state index is 0.0486. The molecule has 1 fully saturated rings. The van der Waals surface area contributed by atoms with Crippen molar-refractivity contribution in [1.82, 2.24) is 0 Å². The molecule has 0 aliphatic carbocycles. The van der Waals surface area contributed by atoms with Crippen LogP contribution < -0.4 is 4.90 Å². The number of thiocarbonyl (C=S) groups is 1. The summed E-state index contributed by atoms with van der Waals surface area (Å²) in [5, 5.41) is 0. The summed E-state index contributed by atoms with van der Waals surface area (Å²) < 4.78 is 0.583. The van der Waals surface area contributed by atoms with Gasteiger partial charge in [0.05, 0.1) is 10.6 Å². The molecule has 0 spiro atoms. The molecule has 0 bridgehead atoms. The summed E-state index contributed by atoms with van der Waals surface area (Å²) in [6.07, 6.45) is 1.92. The molecule has 0 aromatic heterocycles. The Kier molecular flexibility index (Phi) is 4.14. The molecule has 3 rings (SSSR count). The number of aryl methyl sites for hydroxylation is 2. The number of thioether (sulfide) groups is 1. The smallest absolute Gasteiger partial charge is 0.268 e. The Morgan fingerprint density at radius 1 is 1.00 bits per heavy atom. The van der Waals surface area contributed by atoms with Gasteiger partial charge in [0.25, 0.3) is 5.91 Å². The molecule has 1 aliphatic rings. The maximum atomic E-state index is 12.7. The van der Waals surface area contributed by atoms with Crippen LogP contribution in [0.2, 0.25) is 0 Å². The van der Waals surface area contributed by atoms with Crippen molar-refractivity contribution in [2.75, 3.05) is 4.90 Å². The van der Waals surface area contributed by atoms with Gasteiger partial charge in [-0.25, -0.2) is 0 Å². The van der Waals surface area contributed by atoms with Gasteiger partial charge in [-0.15, -0.1) is 0 Å². The largest absolute Gasteiger partial charge is 0.270 e. The Morgan fingerprint density at radius 2 is 1.64 bits per heavy atom. The van der Waals surface area contributed by atoms with Gasteiger partial charge in [-0.1, -0.05) is 66.4 Å². The predicted octanol–water partition coefficient (Wildman–Crippen LogP) is 4.71. The fourth-order valence-corrected chi connectivity index (χ4v) is 3.66. The number of nitrogens with zero attached hydrogens (tertiary/aromatic N) is 1. The van der Waals surface area contributed by atoms with Crippen molar-refractivity contribution < 1.29 is 4.79 Å². The molecule has 0 unspecified atom stereocenters. The van der Waals surface area contributed by atoms with E-state index in [1.54, 1.807) is 4.90 Å². The molecule has 0 radical (unpaired) electrons. The van der Waals surface area contributed by atoms with E-state index >= 15 is 0 Å². The lowest BCUT2D eigenvalue weighted by Crippen LogP contribution is -2.28. The first kappa shape index (κ1) is 15.0. The standard InChI is InChI=1S/C18H15NOS2/c1-12-7-3-5-9-14(12)11-16-17(20)19(18(21)22-16)15-10-6-4-8-13(15)2/h3-11H,1-2H3/b16-11-. The quantitative estimate of drug-likeness (QED) is 0.589. The summed E-state index contributed by atoms with van der Waals surface area (Å²) in [4.78, 5) is 15.0. The second-order valence-corrected chi connectivity index (χ2v) is 6.84. The number of rotatable bonds is 2. The first-order chi connectivity index (χ1) is 10.6. The number of hydrogen-bond donors (Lipinski definition) is 0. The van der Waals surface area contributed by atoms with Crippen LogP contribution in [0.1, 0.15) is 16.7 Å². The number of carbonyl (C=O) groups is 1. The zero-order chi connectivity index (χ0) is 15.7. The SMILES string of the molecule is Cc1ccccc1/C=C1\SC(=S)N(c2ccccc2C)C1=O. The van der Waals surface area contributed by atoms with Crippen LogP contribution in [0.25, 0.3) is 6.08 Å². The first-order valence-corrected chi connectivity index (χ1v) is 8.19. The first-order valence-electron chi connectivity index (χ1n) is 6.97. The van der Waals surface area contributed by atoms with Crippen molar-refractivity contribution in [3.8, 4) is 0 Å².